The fourth-order valence-electron chi connectivity index (χ4n) is 2.22. The maximum absolute atomic E-state index is 6.13. The lowest BCUT2D eigenvalue weighted by Crippen LogP contribution is -2.30. The number of aryl methyl sites for hydroxylation is 1. The lowest BCUT2D eigenvalue weighted by molar-refractivity contribution is 0.0946. The third kappa shape index (κ3) is 3.19. The van der Waals surface area contributed by atoms with Gasteiger partial charge in [-0.15, -0.1) is 0 Å². The van der Waals surface area contributed by atoms with Crippen LogP contribution in [0.1, 0.15) is 36.4 Å². The summed E-state index contributed by atoms with van der Waals surface area (Å²) in [6.45, 7) is 2.87. The Morgan fingerprint density at radius 2 is 2.41 bits per heavy atom. The average Bonchev–Trinajstić information content (AvgIpc) is 2.82. The summed E-state index contributed by atoms with van der Waals surface area (Å²) in [5.41, 5.74) is 5.06. The fourth-order valence-corrected chi connectivity index (χ4v) is 2.41. The van der Waals surface area contributed by atoms with E-state index in [0.29, 0.717) is 6.10 Å². The van der Waals surface area contributed by atoms with E-state index in [1.807, 2.05) is 19.1 Å². The van der Waals surface area contributed by atoms with Gasteiger partial charge in [0.25, 0.3) is 0 Å². The van der Waals surface area contributed by atoms with E-state index in [9.17, 15) is 0 Å². The second kappa shape index (κ2) is 5.83. The summed E-state index contributed by atoms with van der Waals surface area (Å²) in [7, 11) is 0. The third-order valence-corrected chi connectivity index (χ3v) is 3.73. The number of ether oxygens (including phenoxy) is 1. The summed E-state index contributed by atoms with van der Waals surface area (Å²) in [5.74, 6) is 5.62. The van der Waals surface area contributed by atoms with Crippen LogP contribution in [0.15, 0.2) is 18.2 Å². The van der Waals surface area contributed by atoms with Crippen molar-refractivity contribution >= 4 is 11.6 Å². The predicted octanol–water partition coefficient (Wildman–Crippen LogP) is 2.72. The first kappa shape index (κ1) is 12.8. The van der Waals surface area contributed by atoms with Crippen LogP contribution in [0.25, 0.3) is 0 Å². The van der Waals surface area contributed by atoms with Crippen LogP contribution in [-0.2, 0) is 4.74 Å². The predicted molar refractivity (Wildman–Crippen MR) is 69.8 cm³/mol. The second-order valence-electron chi connectivity index (χ2n) is 4.60. The number of hydrogen-bond donors (Lipinski definition) is 2. The summed E-state index contributed by atoms with van der Waals surface area (Å²) in [6.07, 6.45) is 3.49. The zero-order valence-corrected chi connectivity index (χ0v) is 10.8. The molecule has 0 radical (unpaired) electrons. The topological polar surface area (TPSA) is 47.3 Å². The van der Waals surface area contributed by atoms with Gasteiger partial charge < -0.3 is 4.74 Å². The molecule has 0 amide bonds. The minimum absolute atomic E-state index is 0.108. The lowest BCUT2D eigenvalue weighted by Gasteiger charge is -2.20. The molecule has 3 nitrogen and oxygen atoms in total. The van der Waals surface area contributed by atoms with Gasteiger partial charge in [0.05, 0.1) is 6.10 Å². The summed E-state index contributed by atoms with van der Waals surface area (Å²) >= 11 is 6.13. The molecule has 0 bridgehead atoms. The SMILES string of the molecule is Cc1ccc(C(CC2CCCO2)NN)cc1Cl. The van der Waals surface area contributed by atoms with Gasteiger partial charge in [0.15, 0.2) is 0 Å². The summed E-state index contributed by atoms with van der Waals surface area (Å²) in [4.78, 5) is 0. The molecule has 17 heavy (non-hydrogen) atoms. The Balaban J connectivity index is 2.08. The number of hydrazine groups is 1. The number of hydrogen-bond acceptors (Lipinski definition) is 3. The van der Waals surface area contributed by atoms with Crippen molar-refractivity contribution in [2.75, 3.05) is 6.61 Å². The maximum atomic E-state index is 6.13. The van der Waals surface area contributed by atoms with E-state index >= 15 is 0 Å². The monoisotopic (exact) mass is 254 g/mol. The van der Waals surface area contributed by atoms with E-state index in [2.05, 4.69) is 11.5 Å². The molecule has 1 aliphatic heterocycles. The van der Waals surface area contributed by atoms with Crippen LogP contribution in [-0.4, -0.2) is 12.7 Å². The standard InChI is InChI=1S/C13H19ClN2O/c1-9-4-5-10(7-12(9)14)13(16-15)8-11-3-2-6-17-11/h4-5,7,11,13,16H,2-3,6,8,15H2,1H3. The lowest BCUT2D eigenvalue weighted by atomic mass is 9.99. The van der Waals surface area contributed by atoms with E-state index in [0.717, 1.165) is 42.0 Å². The Morgan fingerprint density at radius 3 is 3.00 bits per heavy atom. The first-order valence-corrected chi connectivity index (χ1v) is 6.42. The smallest absolute Gasteiger partial charge is 0.0594 e. The molecule has 2 atom stereocenters. The Bertz CT molecular complexity index is 378. The van der Waals surface area contributed by atoms with Gasteiger partial charge in [0.1, 0.15) is 0 Å². The van der Waals surface area contributed by atoms with Gasteiger partial charge >= 0.3 is 0 Å². The van der Waals surface area contributed by atoms with Crippen LogP contribution in [0.2, 0.25) is 5.02 Å². The Kier molecular flexibility index (Phi) is 4.40. The highest BCUT2D eigenvalue weighted by Gasteiger charge is 2.21. The van der Waals surface area contributed by atoms with Crippen molar-refractivity contribution in [1.82, 2.24) is 5.43 Å². The number of nitrogens with two attached hydrogens (primary N) is 1. The normalized spacial score (nSPS) is 21.7. The van der Waals surface area contributed by atoms with E-state index in [1.165, 1.54) is 0 Å². The molecule has 0 aromatic heterocycles. The molecule has 0 aliphatic carbocycles. The fraction of sp³-hybridized carbons (Fsp3) is 0.538. The number of nitrogens with one attached hydrogen (secondary N) is 1. The number of rotatable bonds is 4. The minimum atomic E-state index is 0.108. The number of halogens is 1. The zero-order chi connectivity index (χ0) is 12.3. The highest BCUT2D eigenvalue weighted by molar-refractivity contribution is 6.31. The molecule has 2 rings (SSSR count). The average molecular weight is 255 g/mol. The highest BCUT2D eigenvalue weighted by Crippen LogP contribution is 2.27. The van der Waals surface area contributed by atoms with Crippen molar-refractivity contribution in [2.45, 2.75) is 38.3 Å². The first-order chi connectivity index (χ1) is 8.20. The Hall–Kier alpha value is -0.610. The van der Waals surface area contributed by atoms with Crippen LogP contribution >= 0.6 is 11.6 Å². The highest BCUT2D eigenvalue weighted by atomic mass is 35.5. The summed E-state index contributed by atoms with van der Waals surface area (Å²) in [5, 5.41) is 0.787. The van der Waals surface area contributed by atoms with Gasteiger partial charge in [0, 0.05) is 17.7 Å². The van der Waals surface area contributed by atoms with Crippen molar-refractivity contribution in [3.05, 3.63) is 34.3 Å². The molecule has 1 aliphatic rings. The molecule has 1 heterocycles. The molecule has 1 aromatic rings. The summed E-state index contributed by atoms with van der Waals surface area (Å²) < 4.78 is 5.63. The zero-order valence-electron chi connectivity index (χ0n) is 10.1. The van der Waals surface area contributed by atoms with Gasteiger partial charge in [-0.1, -0.05) is 23.7 Å². The van der Waals surface area contributed by atoms with Crippen molar-refractivity contribution in [2.24, 2.45) is 5.84 Å². The van der Waals surface area contributed by atoms with Crippen LogP contribution in [0.3, 0.4) is 0 Å². The molecular weight excluding hydrogens is 236 g/mol. The van der Waals surface area contributed by atoms with Gasteiger partial charge in [-0.05, 0) is 43.4 Å². The quantitative estimate of drug-likeness (QED) is 0.642. The molecule has 3 N–H and O–H groups in total. The number of benzene rings is 1. The molecule has 1 saturated heterocycles. The maximum Gasteiger partial charge on any atom is 0.0594 e. The molecule has 1 aromatic carbocycles. The van der Waals surface area contributed by atoms with Gasteiger partial charge in [-0.3, -0.25) is 11.3 Å². The molecule has 4 heteroatoms. The molecular formula is C13H19ClN2O. The van der Waals surface area contributed by atoms with Crippen LogP contribution < -0.4 is 11.3 Å². The first-order valence-electron chi connectivity index (χ1n) is 6.04. The molecule has 0 saturated carbocycles. The van der Waals surface area contributed by atoms with Gasteiger partial charge in [-0.2, -0.15) is 0 Å². The Morgan fingerprint density at radius 1 is 1.59 bits per heavy atom. The summed E-state index contributed by atoms with van der Waals surface area (Å²) in [6, 6.07) is 6.19. The largest absolute Gasteiger partial charge is 0.378 e. The van der Waals surface area contributed by atoms with Crippen LogP contribution in [0, 0.1) is 6.92 Å². The van der Waals surface area contributed by atoms with E-state index in [4.69, 9.17) is 22.2 Å². The third-order valence-electron chi connectivity index (χ3n) is 3.32. The molecule has 2 unspecified atom stereocenters. The Labute approximate surface area is 107 Å². The van der Waals surface area contributed by atoms with Crippen molar-refractivity contribution in [3.8, 4) is 0 Å². The minimum Gasteiger partial charge on any atom is -0.378 e. The van der Waals surface area contributed by atoms with Crippen LogP contribution in [0.4, 0.5) is 0 Å². The molecule has 1 fully saturated rings. The molecule has 94 valence electrons. The van der Waals surface area contributed by atoms with E-state index in [-0.39, 0.29) is 6.04 Å². The second-order valence-corrected chi connectivity index (χ2v) is 5.01. The van der Waals surface area contributed by atoms with Crippen molar-refractivity contribution in [3.63, 3.8) is 0 Å². The van der Waals surface area contributed by atoms with Gasteiger partial charge in [-0.25, -0.2) is 0 Å². The molecule has 0 spiro atoms. The van der Waals surface area contributed by atoms with E-state index < -0.39 is 0 Å². The van der Waals surface area contributed by atoms with Crippen molar-refractivity contribution in [1.29, 1.82) is 0 Å². The van der Waals surface area contributed by atoms with Gasteiger partial charge in [0.2, 0.25) is 0 Å². The van der Waals surface area contributed by atoms with Crippen molar-refractivity contribution < 1.29 is 4.74 Å². The van der Waals surface area contributed by atoms with E-state index in [1.54, 1.807) is 0 Å². The van der Waals surface area contributed by atoms with Crippen LogP contribution in [0.5, 0.6) is 0 Å².